The maximum Gasteiger partial charge on any atom is 0.244 e. The van der Waals surface area contributed by atoms with E-state index >= 15 is 0 Å². The molecule has 0 bridgehead atoms. The van der Waals surface area contributed by atoms with E-state index in [9.17, 15) is 8.42 Å². The summed E-state index contributed by atoms with van der Waals surface area (Å²) >= 11 is 3.31. The Morgan fingerprint density at radius 3 is 2.38 bits per heavy atom. The van der Waals surface area contributed by atoms with Crippen molar-refractivity contribution in [3.05, 3.63) is 52.4 Å². The summed E-state index contributed by atoms with van der Waals surface area (Å²) < 4.78 is 33.2. The molecule has 0 atom stereocenters. The van der Waals surface area contributed by atoms with Crippen LogP contribution in [-0.2, 0) is 16.6 Å². The highest BCUT2D eigenvalue weighted by Crippen LogP contribution is 2.27. The molecule has 4 nitrogen and oxygen atoms in total. The Labute approximate surface area is 133 Å². The molecule has 1 aromatic carbocycles. The molecular formula is C15H18BrNO3S. The Morgan fingerprint density at radius 1 is 1.19 bits per heavy atom. The van der Waals surface area contributed by atoms with E-state index in [-0.39, 0.29) is 17.5 Å². The monoisotopic (exact) mass is 371 g/mol. The van der Waals surface area contributed by atoms with Gasteiger partial charge in [0.25, 0.3) is 0 Å². The largest absolute Gasteiger partial charge is 0.465 e. The maximum atomic E-state index is 12.9. The number of aryl methyl sites for hydroxylation is 1. The van der Waals surface area contributed by atoms with Crippen LogP contribution in [0.3, 0.4) is 0 Å². The summed E-state index contributed by atoms with van der Waals surface area (Å²) in [6, 6.07) is 10.3. The van der Waals surface area contributed by atoms with Crippen LogP contribution in [0.2, 0.25) is 0 Å². The van der Waals surface area contributed by atoms with E-state index in [0.29, 0.717) is 10.2 Å². The van der Waals surface area contributed by atoms with Crippen LogP contribution in [0.4, 0.5) is 0 Å². The molecule has 21 heavy (non-hydrogen) atoms. The van der Waals surface area contributed by atoms with Gasteiger partial charge >= 0.3 is 0 Å². The van der Waals surface area contributed by atoms with Gasteiger partial charge in [-0.1, -0.05) is 12.1 Å². The van der Waals surface area contributed by atoms with Gasteiger partial charge in [0.05, 0.1) is 11.4 Å². The molecule has 6 heteroatoms. The number of sulfonamides is 1. The predicted octanol–water partition coefficient (Wildman–Crippen LogP) is 3.95. The minimum Gasteiger partial charge on any atom is -0.465 e. The van der Waals surface area contributed by atoms with E-state index in [1.54, 1.807) is 30.3 Å². The van der Waals surface area contributed by atoms with Gasteiger partial charge in [0, 0.05) is 10.5 Å². The molecule has 0 unspecified atom stereocenters. The second-order valence-corrected chi connectivity index (χ2v) is 7.80. The lowest BCUT2D eigenvalue weighted by molar-refractivity contribution is 0.314. The minimum absolute atomic E-state index is 0.174. The SMILES string of the molecule is Cc1ccc(CN(C(C)C)S(=O)(=O)c2ccccc2Br)o1. The number of nitrogens with zero attached hydrogens (tertiary/aromatic N) is 1. The van der Waals surface area contributed by atoms with E-state index in [1.165, 1.54) is 4.31 Å². The van der Waals surface area contributed by atoms with E-state index in [2.05, 4.69) is 15.9 Å². The van der Waals surface area contributed by atoms with Crippen LogP contribution in [0, 0.1) is 6.92 Å². The molecule has 0 fully saturated rings. The fraction of sp³-hybridized carbons (Fsp3) is 0.333. The van der Waals surface area contributed by atoms with E-state index in [0.717, 1.165) is 5.76 Å². The van der Waals surface area contributed by atoms with Crippen molar-refractivity contribution < 1.29 is 12.8 Å². The zero-order chi connectivity index (χ0) is 15.6. The summed E-state index contributed by atoms with van der Waals surface area (Å²) in [7, 11) is -3.59. The zero-order valence-corrected chi connectivity index (χ0v) is 14.6. The summed E-state index contributed by atoms with van der Waals surface area (Å²) in [6.45, 7) is 5.76. The van der Waals surface area contributed by atoms with Crippen molar-refractivity contribution in [1.29, 1.82) is 0 Å². The molecule has 0 aliphatic rings. The van der Waals surface area contributed by atoms with Gasteiger partial charge in [0.15, 0.2) is 0 Å². The van der Waals surface area contributed by atoms with E-state index in [1.807, 2.05) is 26.8 Å². The highest BCUT2D eigenvalue weighted by molar-refractivity contribution is 9.10. The molecule has 1 aromatic heterocycles. The van der Waals surface area contributed by atoms with Gasteiger partial charge in [-0.05, 0) is 61.0 Å². The summed E-state index contributed by atoms with van der Waals surface area (Å²) in [6.07, 6.45) is 0. The zero-order valence-electron chi connectivity index (χ0n) is 12.2. The maximum absolute atomic E-state index is 12.9. The Hall–Kier alpha value is -1.11. The second kappa shape index (κ2) is 6.34. The van der Waals surface area contributed by atoms with Crippen molar-refractivity contribution in [3.8, 4) is 0 Å². The molecular weight excluding hydrogens is 354 g/mol. The van der Waals surface area contributed by atoms with Crippen molar-refractivity contribution in [1.82, 2.24) is 4.31 Å². The van der Waals surface area contributed by atoms with Gasteiger partial charge in [-0.3, -0.25) is 0 Å². The van der Waals surface area contributed by atoms with Gasteiger partial charge in [0.2, 0.25) is 10.0 Å². The number of hydrogen-bond acceptors (Lipinski definition) is 3. The first kappa shape index (κ1) is 16.3. The standard InChI is InChI=1S/C15H18BrNO3S/c1-11(2)17(10-13-9-8-12(3)20-13)21(18,19)15-7-5-4-6-14(15)16/h4-9,11H,10H2,1-3H3. The highest BCUT2D eigenvalue weighted by Gasteiger charge is 2.29. The predicted molar refractivity (Wildman–Crippen MR) is 85.5 cm³/mol. The van der Waals surface area contributed by atoms with Crippen LogP contribution < -0.4 is 0 Å². The van der Waals surface area contributed by atoms with E-state index in [4.69, 9.17) is 4.42 Å². The van der Waals surface area contributed by atoms with E-state index < -0.39 is 10.0 Å². The number of rotatable bonds is 5. The third-order valence-corrected chi connectivity index (χ3v) is 6.14. The molecule has 0 aliphatic heterocycles. The summed E-state index contributed by atoms with van der Waals surface area (Å²) in [4.78, 5) is 0.266. The fourth-order valence-electron chi connectivity index (χ4n) is 2.05. The third-order valence-electron chi connectivity index (χ3n) is 3.11. The summed E-state index contributed by atoms with van der Waals surface area (Å²) in [5.74, 6) is 1.41. The third kappa shape index (κ3) is 3.56. The lowest BCUT2D eigenvalue weighted by atomic mass is 10.3. The topological polar surface area (TPSA) is 50.5 Å². The fourth-order valence-corrected chi connectivity index (χ4v) is 4.62. The summed E-state index contributed by atoms with van der Waals surface area (Å²) in [5, 5.41) is 0. The number of halogens is 1. The molecule has 114 valence electrons. The summed E-state index contributed by atoms with van der Waals surface area (Å²) in [5.41, 5.74) is 0. The van der Waals surface area contributed by atoms with Crippen molar-refractivity contribution in [2.45, 2.75) is 38.3 Å². The first-order valence-electron chi connectivity index (χ1n) is 6.64. The quantitative estimate of drug-likeness (QED) is 0.799. The van der Waals surface area contributed by atoms with Gasteiger partial charge in [-0.25, -0.2) is 8.42 Å². The van der Waals surface area contributed by atoms with Crippen LogP contribution in [0.25, 0.3) is 0 Å². The molecule has 2 rings (SSSR count). The number of benzene rings is 1. The van der Waals surface area contributed by atoms with Crippen LogP contribution in [0.5, 0.6) is 0 Å². The smallest absolute Gasteiger partial charge is 0.244 e. The molecule has 0 radical (unpaired) electrons. The highest BCUT2D eigenvalue weighted by atomic mass is 79.9. The first-order chi connectivity index (χ1) is 9.82. The van der Waals surface area contributed by atoms with Crippen molar-refractivity contribution in [2.24, 2.45) is 0 Å². The van der Waals surface area contributed by atoms with Crippen molar-refractivity contribution in [2.75, 3.05) is 0 Å². The van der Waals surface area contributed by atoms with Gasteiger partial charge in [0.1, 0.15) is 11.5 Å². The Morgan fingerprint density at radius 2 is 1.86 bits per heavy atom. The van der Waals surface area contributed by atoms with Crippen molar-refractivity contribution in [3.63, 3.8) is 0 Å². The van der Waals surface area contributed by atoms with Crippen LogP contribution >= 0.6 is 15.9 Å². The number of furan rings is 1. The average Bonchev–Trinajstić information content (AvgIpc) is 2.81. The second-order valence-electron chi connectivity index (χ2n) is 5.09. The van der Waals surface area contributed by atoms with Crippen LogP contribution in [0.1, 0.15) is 25.4 Å². The Kier molecular flexibility index (Phi) is 4.91. The Bertz CT molecular complexity index is 722. The molecule has 0 saturated carbocycles. The molecule has 0 saturated heterocycles. The molecule has 2 aromatic rings. The molecule has 0 aliphatic carbocycles. The van der Waals surface area contributed by atoms with Crippen molar-refractivity contribution >= 4 is 26.0 Å². The molecule has 1 heterocycles. The minimum atomic E-state index is -3.59. The van der Waals surface area contributed by atoms with Crippen LogP contribution in [0.15, 0.2) is 50.2 Å². The molecule has 0 spiro atoms. The lowest BCUT2D eigenvalue weighted by Gasteiger charge is -2.25. The Balaban J connectivity index is 2.40. The lowest BCUT2D eigenvalue weighted by Crippen LogP contribution is -2.36. The first-order valence-corrected chi connectivity index (χ1v) is 8.87. The number of hydrogen-bond donors (Lipinski definition) is 0. The average molecular weight is 372 g/mol. The van der Waals surface area contributed by atoms with Crippen LogP contribution in [-0.4, -0.2) is 18.8 Å². The van der Waals surface area contributed by atoms with Gasteiger partial charge < -0.3 is 4.42 Å². The van der Waals surface area contributed by atoms with Gasteiger partial charge in [-0.2, -0.15) is 4.31 Å². The molecule has 0 amide bonds. The molecule has 0 N–H and O–H groups in total. The normalized spacial score (nSPS) is 12.3. The van der Waals surface area contributed by atoms with Gasteiger partial charge in [-0.15, -0.1) is 0 Å².